The maximum absolute atomic E-state index is 16.8. The van der Waals surface area contributed by atoms with Crippen LogP contribution in [-0.2, 0) is 68.9 Å². The smallest absolute Gasteiger partial charge is 0.358 e. The van der Waals surface area contributed by atoms with E-state index in [0.717, 1.165) is 36.9 Å². The second-order valence-corrected chi connectivity index (χ2v) is 23.1. The average Bonchev–Trinajstić information content (AvgIpc) is 3.22. The van der Waals surface area contributed by atoms with Crippen LogP contribution in [0.2, 0.25) is 0 Å². The van der Waals surface area contributed by atoms with Gasteiger partial charge in [0.2, 0.25) is 5.36 Å². The number of aryl methyl sites for hydroxylation is 1. The van der Waals surface area contributed by atoms with Crippen molar-refractivity contribution in [2.24, 2.45) is 0 Å². The van der Waals surface area contributed by atoms with Gasteiger partial charge in [-0.25, -0.2) is 22.1 Å². The molecule has 0 fully saturated rings. The maximum Gasteiger partial charge on any atom is 0.425 e. The Labute approximate surface area is 400 Å². The number of fused-ring (bicyclic) bond motifs is 4. The lowest BCUT2D eigenvalue weighted by molar-refractivity contribution is -0.191. The van der Waals surface area contributed by atoms with Gasteiger partial charge in [-0.05, 0) is 83.6 Å². The molecule has 1 aliphatic carbocycles. The molecule has 3 N–H and O–H groups in total. The fraction of sp³-hybridized carbons (Fsp3) is 0.364. The van der Waals surface area contributed by atoms with Crippen molar-refractivity contribution in [3.8, 4) is 0 Å². The molecule has 2 heterocycles. The Kier molecular flexibility index (Phi) is 16.4. The number of halogens is 4. The molecule has 69 heavy (non-hydrogen) atoms. The number of benzene rings is 4. The van der Waals surface area contributed by atoms with E-state index in [0.29, 0.717) is 28.8 Å². The molecule has 0 bridgehead atoms. The van der Waals surface area contributed by atoms with Crippen LogP contribution in [0.5, 0.6) is 0 Å². The average molecular weight is 1060 g/mol. The van der Waals surface area contributed by atoms with Crippen LogP contribution in [0.1, 0.15) is 86.4 Å². The third-order valence-corrected chi connectivity index (χ3v) is 15.3. The topological polar surface area (TPSA) is 255 Å². The van der Waals surface area contributed by atoms with E-state index in [4.69, 9.17) is 22.2 Å². The van der Waals surface area contributed by atoms with E-state index in [-0.39, 0.29) is 56.8 Å². The van der Waals surface area contributed by atoms with E-state index in [1.807, 2.05) is 31.7 Å². The molecule has 0 saturated carbocycles. The van der Waals surface area contributed by atoms with Crippen LogP contribution >= 0.6 is 11.8 Å². The lowest BCUT2D eigenvalue weighted by Gasteiger charge is -2.45. The van der Waals surface area contributed by atoms with Gasteiger partial charge in [0.25, 0.3) is 30.4 Å². The van der Waals surface area contributed by atoms with E-state index in [1.54, 1.807) is 32.1 Å². The van der Waals surface area contributed by atoms with Crippen LogP contribution < -0.4 is 20.1 Å². The summed E-state index contributed by atoms with van der Waals surface area (Å²) in [6.07, 6.45) is 4.06. The summed E-state index contributed by atoms with van der Waals surface area (Å²) in [5, 5.41) is 1.19. The van der Waals surface area contributed by atoms with Crippen molar-refractivity contribution < 1.29 is 78.7 Å². The molecule has 372 valence electrons. The SMILES string of the molecule is CCC[N+]1=c2cc3c(cc2CCC1)=C(c1c(F)c(F)c(SCCS(=O)(=O)O)c(F)c1F)c1cc2c(cc1C3(C)C)N(Cc1ccc(S(=O)(=O)O)cc1)C(C)(C)C=C2CS(=O)(=O)O.O=C=O.O=S(=O)=O. The predicted octanol–water partition coefficient (Wildman–Crippen LogP) is 4.69. The quantitative estimate of drug-likeness (QED) is 0.0572. The molecule has 0 unspecified atom stereocenters. The summed E-state index contributed by atoms with van der Waals surface area (Å²) in [6, 6.07) is 12.5. The van der Waals surface area contributed by atoms with Crippen LogP contribution in [0.15, 0.2) is 64.4 Å². The second-order valence-electron chi connectivity index (χ2n) is 17.2. The molecule has 0 atom stereocenters. The highest BCUT2D eigenvalue weighted by Gasteiger charge is 2.42. The van der Waals surface area contributed by atoms with Crippen LogP contribution in [-0.4, -0.2) is 93.6 Å². The first-order chi connectivity index (χ1) is 31.9. The van der Waals surface area contributed by atoms with Crippen LogP contribution in [0, 0.1) is 23.3 Å². The predicted molar refractivity (Wildman–Crippen MR) is 244 cm³/mol. The summed E-state index contributed by atoms with van der Waals surface area (Å²) in [6.45, 7) is 11.0. The van der Waals surface area contributed by atoms with Gasteiger partial charge in [0.15, 0.2) is 23.3 Å². The Morgan fingerprint density at radius 2 is 1.39 bits per heavy atom. The first-order valence-electron chi connectivity index (χ1n) is 20.6. The Morgan fingerprint density at radius 1 is 0.812 bits per heavy atom. The van der Waals surface area contributed by atoms with Gasteiger partial charge in [-0.2, -0.15) is 34.8 Å². The number of carbonyl (C=O) groups excluding carboxylic acids is 2. The molecule has 4 aromatic carbocycles. The first kappa shape index (κ1) is 54.8. The molecule has 16 nitrogen and oxygen atoms in total. The monoisotopic (exact) mass is 1060 g/mol. The largest absolute Gasteiger partial charge is 0.425 e. The molecule has 25 heteroatoms. The zero-order chi connectivity index (χ0) is 51.8. The van der Waals surface area contributed by atoms with Gasteiger partial charge in [0.1, 0.15) is 18.8 Å². The summed E-state index contributed by atoms with van der Waals surface area (Å²) >= 11 is 0.186. The third-order valence-electron chi connectivity index (χ3n) is 11.8. The normalized spacial score (nSPS) is 15.7. The van der Waals surface area contributed by atoms with Crippen molar-refractivity contribution in [3.05, 3.63) is 127 Å². The molecular weight excluding hydrogens is 1020 g/mol. The van der Waals surface area contributed by atoms with Crippen molar-refractivity contribution in [1.29, 1.82) is 0 Å². The lowest BCUT2D eigenvalue weighted by atomic mass is 9.67. The Balaban J connectivity index is 0.00000119. The molecule has 0 saturated heterocycles. The standard InChI is InChI=1S/C43H44F4N2O9S4.CO2.O3S/c1-6-13-48-14-7-8-25-17-29-31(19-33(25)48)43(4,5)32-20-34-28(18-30(32)35(29)36-37(44)39(46)41(40(47)38(36)45)59-15-16-60(50,51)52)26(23-61(53,54)55)21-42(2,3)49(34)22-24-9-11-27(12-10-24)62(56,57)58;2-1-3;1-4(2)3/h9-12,17-21H,6-8,13-16,22-23H2,1-5H3,(H2-,50,51,52,53,54,55,56,57,58);;/p+1. The summed E-state index contributed by atoms with van der Waals surface area (Å²) in [5.41, 5.74) is 0.162. The minimum atomic E-state index is -4.69. The van der Waals surface area contributed by atoms with E-state index < -0.39 is 103 Å². The number of nitrogens with zero attached hydrogens (tertiary/aromatic N) is 2. The number of thioether (sulfide) groups is 1. The molecule has 0 radical (unpaired) electrons. The lowest BCUT2D eigenvalue weighted by Crippen LogP contribution is -2.46. The van der Waals surface area contributed by atoms with Crippen molar-refractivity contribution >= 4 is 75.7 Å². The Morgan fingerprint density at radius 3 is 1.91 bits per heavy atom. The fourth-order valence-electron chi connectivity index (χ4n) is 8.94. The minimum absolute atomic E-state index is 0.101. The van der Waals surface area contributed by atoms with Crippen molar-refractivity contribution in [2.45, 2.75) is 81.2 Å². The molecule has 0 amide bonds. The van der Waals surface area contributed by atoms with Gasteiger partial charge in [0.05, 0.1) is 26.6 Å². The van der Waals surface area contributed by atoms with Crippen LogP contribution in [0.4, 0.5) is 23.2 Å². The van der Waals surface area contributed by atoms with Gasteiger partial charge in [-0.3, -0.25) is 13.7 Å². The second kappa shape index (κ2) is 20.7. The van der Waals surface area contributed by atoms with E-state index in [2.05, 4.69) is 4.58 Å². The number of rotatable bonds is 12. The third kappa shape index (κ3) is 12.1. The first-order valence-corrected chi connectivity index (χ1v) is 27.2. The van der Waals surface area contributed by atoms with Gasteiger partial charge < -0.3 is 4.90 Å². The van der Waals surface area contributed by atoms with Gasteiger partial charge in [-0.1, -0.05) is 39.0 Å². The number of hydrogen-bond acceptors (Lipinski definition) is 13. The number of hydrogen-bond donors (Lipinski definition) is 3. The van der Waals surface area contributed by atoms with Crippen molar-refractivity contribution in [3.63, 3.8) is 0 Å². The highest BCUT2D eigenvalue weighted by Crippen LogP contribution is 2.49. The maximum atomic E-state index is 16.8. The molecular formula is C44H45F4N2O14S5+. The molecule has 3 aliphatic rings. The van der Waals surface area contributed by atoms with Crippen LogP contribution in [0.3, 0.4) is 0 Å². The highest BCUT2D eigenvalue weighted by molar-refractivity contribution is 8.00. The van der Waals surface area contributed by atoms with E-state index >= 15 is 17.6 Å². The zero-order valence-corrected chi connectivity index (χ0v) is 41.4. The molecule has 0 aromatic heterocycles. The van der Waals surface area contributed by atoms with E-state index in [1.165, 1.54) is 30.3 Å². The van der Waals surface area contributed by atoms with E-state index in [9.17, 15) is 38.9 Å². The summed E-state index contributed by atoms with van der Waals surface area (Å²) in [4.78, 5) is 16.7. The van der Waals surface area contributed by atoms with Crippen molar-refractivity contribution in [1.82, 2.24) is 4.58 Å². The summed E-state index contributed by atoms with van der Waals surface area (Å²) < 4.78 is 194. The minimum Gasteiger partial charge on any atom is -0.358 e. The number of anilines is 1. The summed E-state index contributed by atoms with van der Waals surface area (Å²) in [7, 11) is -16.9. The zero-order valence-electron chi connectivity index (χ0n) is 37.3. The van der Waals surface area contributed by atoms with Crippen molar-refractivity contribution in [2.75, 3.05) is 35.2 Å². The van der Waals surface area contributed by atoms with Gasteiger partial charge >= 0.3 is 16.8 Å². The molecule has 0 spiro atoms. The fourth-order valence-corrected chi connectivity index (χ4v) is 11.9. The van der Waals surface area contributed by atoms with Gasteiger partial charge in [-0.15, -0.1) is 24.4 Å². The highest BCUT2D eigenvalue weighted by atomic mass is 32.2. The van der Waals surface area contributed by atoms with Gasteiger partial charge in [0, 0.05) is 59.0 Å². The molecule has 7 rings (SSSR count). The molecule has 2 aliphatic heterocycles. The Bertz CT molecular complexity index is 3380. The molecule has 4 aromatic rings. The van der Waals surface area contributed by atoms with Crippen LogP contribution in [0.25, 0.3) is 11.1 Å². The Hall–Kier alpha value is -5.11. The summed E-state index contributed by atoms with van der Waals surface area (Å²) in [5.74, 6) is -9.47.